The molecule has 0 radical (unpaired) electrons. The van der Waals surface area contributed by atoms with Gasteiger partial charge in [-0.05, 0) is 26.7 Å². The molecule has 2 rings (SSSR count). The van der Waals surface area contributed by atoms with Gasteiger partial charge in [0.15, 0.2) is 5.72 Å². The fourth-order valence-electron chi connectivity index (χ4n) is 2.10. The minimum atomic E-state index is -0.438. The van der Waals surface area contributed by atoms with Gasteiger partial charge in [-0.3, -0.25) is 4.90 Å². The lowest BCUT2D eigenvalue weighted by Gasteiger charge is -2.50. The lowest BCUT2D eigenvalue weighted by molar-refractivity contribution is -0.191. The van der Waals surface area contributed by atoms with Crippen LogP contribution in [-0.2, 0) is 9.47 Å². The molecule has 0 aromatic rings. The number of ether oxygens (including phenoxy) is 2. The fraction of sp³-hybridized carbons (Fsp3) is 0.889. The van der Waals surface area contributed by atoms with E-state index in [4.69, 9.17) is 9.47 Å². The highest BCUT2D eigenvalue weighted by atomic mass is 16.6. The number of hydrogen-bond acceptors (Lipinski definition) is 3. The summed E-state index contributed by atoms with van der Waals surface area (Å²) in [5.41, 5.74) is -0.500. The van der Waals surface area contributed by atoms with E-state index in [0.717, 1.165) is 12.8 Å². The molecule has 74 valence electrons. The first kappa shape index (κ1) is 8.81. The van der Waals surface area contributed by atoms with Crippen LogP contribution in [0.2, 0.25) is 0 Å². The van der Waals surface area contributed by atoms with E-state index >= 15 is 0 Å². The summed E-state index contributed by atoms with van der Waals surface area (Å²) >= 11 is 0. The molecule has 1 aliphatic carbocycles. The van der Waals surface area contributed by atoms with E-state index in [0.29, 0.717) is 6.61 Å². The Balaban J connectivity index is 2.11. The molecule has 0 atom stereocenters. The van der Waals surface area contributed by atoms with Gasteiger partial charge in [-0.2, -0.15) is 0 Å². The number of nitrogens with zero attached hydrogens (tertiary/aromatic N) is 1. The van der Waals surface area contributed by atoms with Crippen molar-refractivity contribution in [1.82, 2.24) is 4.90 Å². The molecule has 1 amide bonds. The maximum Gasteiger partial charge on any atom is 0.415 e. The number of cyclic esters (lactones) is 1. The Morgan fingerprint density at radius 3 is 2.46 bits per heavy atom. The first-order chi connectivity index (χ1) is 6.02. The molecule has 4 nitrogen and oxygen atoms in total. The van der Waals surface area contributed by atoms with Crippen LogP contribution in [0.3, 0.4) is 0 Å². The lowest BCUT2D eigenvalue weighted by Crippen LogP contribution is -2.67. The Kier molecular flexibility index (Phi) is 1.61. The SMILES string of the molecule is COCC1(N2C(=O)OC2(C)C)CC1. The highest BCUT2D eigenvalue weighted by Gasteiger charge is 2.62. The highest BCUT2D eigenvalue weighted by molar-refractivity contribution is 5.75. The van der Waals surface area contributed by atoms with Crippen LogP contribution in [0.1, 0.15) is 26.7 Å². The molecule has 1 saturated heterocycles. The monoisotopic (exact) mass is 185 g/mol. The van der Waals surface area contributed by atoms with Gasteiger partial charge in [0.05, 0.1) is 12.1 Å². The van der Waals surface area contributed by atoms with Crippen molar-refractivity contribution in [2.45, 2.75) is 38.0 Å². The van der Waals surface area contributed by atoms with E-state index in [-0.39, 0.29) is 11.6 Å². The van der Waals surface area contributed by atoms with E-state index in [2.05, 4.69) is 0 Å². The number of rotatable bonds is 3. The third-order valence-electron chi connectivity index (χ3n) is 2.77. The number of carbonyl (C=O) groups is 1. The zero-order chi connectivity index (χ0) is 9.69. The molecule has 0 aromatic carbocycles. The molecule has 2 fully saturated rings. The van der Waals surface area contributed by atoms with E-state index in [9.17, 15) is 4.79 Å². The van der Waals surface area contributed by atoms with Gasteiger partial charge in [-0.1, -0.05) is 0 Å². The first-order valence-corrected chi connectivity index (χ1v) is 4.54. The van der Waals surface area contributed by atoms with Gasteiger partial charge >= 0.3 is 6.09 Å². The van der Waals surface area contributed by atoms with Crippen molar-refractivity contribution in [1.29, 1.82) is 0 Å². The van der Waals surface area contributed by atoms with Gasteiger partial charge in [0, 0.05) is 7.11 Å². The number of amides is 1. The number of methoxy groups -OCH3 is 1. The Bertz CT molecular complexity index is 245. The molecule has 1 saturated carbocycles. The zero-order valence-electron chi connectivity index (χ0n) is 8.29. The summed E-state index contributed by atoms with van der Waals surface area (Å²) in [6.45, 7) is 4.43. The predicted octanol–water partition coefficient (Wildman–Crippen LogP) is 1.35. The molecule has 0 aromatic heterocycles. The van der Waals surface area contributed by atoms with E-state index in [1.807, 2.05) is 18.7 Å². The average Bonchev–Trinajstić information content (AvgIpc) is 2.67. The van der Waals surface area contributed by atoms with Gasteiger partial charge in [0.2, 0.25) is 0 Å². The summed E-state index contributed by atoms with van der Waals surface area (Å²) in [7, 11) is 1.66. The van der Waals surface area contributed by atoms with Crippen LogP contribution in [0.4, 0.5) is 4.79 Å². The third-order valence-corrected chi connectivity index (χ3v) is 2.77. The maximum absolute atomic E-state index is 11.3. The van der Waals surface area contributed by atoms with Crippen LogP contribution in [0.25, 0.3) is 0 Å². The van der Waals surface area contributed by atoms with E-state index in [1.165, 1.54) is 0 Å². The van der Waals surface area contributed by atoms with Gasteiger partial charge in [0.25, 0.3) is 0 Å². The normalized spacial score (nSPS) is 27.9. The molecule has 0 bridgehead atoms. The van der Waals surface area contributed by atoms with Crippen molar-refractivity contribution in [3.63, 3.8) is 0 Å². The summed E-state index contributed by atoms with van der Waals surface area (Å²) in [5.74, 6) is 0. The van der Waals surface area contributed by atoms with Crippen LogP contribution in [0, 0.1) is 0 Å². The minimum Gasteiger partial charge on any atom is -0.423 e. The van der Waals surface area contributed by atoms with E-state index < -0.39 is 5.72 Å². The quantitative estimate of drug-likeness (QED) is 0.666. The van der Waals surface area contributed by atoms with Crippen LogP contribution < -0.4 is 0 Å². The van der Waals surface area contributed by atoms with Crippen molar-refractivity contribution in [2.75, 3.05) is 13.7 Å². The second-order valence-corrected chi connectivity index (χ2v) is 4.31. The molecule has 0 spiro atoms. The zero-order valence-corrected chi connectivity index (χ0v) is 8.29. The summed E-state index contributed by atoms with van der Waals surface area (Å²) < 4.78 is 10.2. The number of hydrogen-bond donors (Lipinski definition) is 0. The molecule has 4 heteroatoms. The second-order valence-electron chi connectivity index (χ2n) is 4.31. The molecule has 1 heterocycles. The van der Waals surface area contributed by atoms with Crippen molar-refractivity contribution in [3.8, 4) is 0 Å². The second kappa shape index (κ2) is 2.38. The minimum absolute atomic E-state index is 0.0619. The molecule has 0 N–H and O–H groups in total. The van der Waals surface area contributed by atoms with Crippen LogP contribution in [0.15, 0.2) is 0 Å². The topological polar surface area (TPSA) is 38.8 Å². The van der Waals surface area contributed by atoms with Crippen molar-refractivity contribution < 1.29 is 14.3 Å². The Morgan fingerprint density at radius 2 is 2.15 bits per heavy atom. The summed E-state index contributed by atoms with van der Waals surface area (Å²) in [5, 5.41) is 0. The van der Waals surface area contributed by atoms with Gasteiger partial charge in [-0.15, -0.1) is 0 Å². The van der Waals surface area contributed by atoms with Crippen LogP contribution >= 0.6 is 0 Å². The van der Waals surface area contributed by atoms with Crippen LogP contribution in [0.5, 0.6) is 0 Å². The summed E-state index contributed by atoms with van der Waals surface area (Å²) in [6.07, 6.45) is 1.85. The van der Waals surface area contributed by atoms with Crippen molar-refractivity contribution in [3.05, 3.63) is 0 Å². The Morgan fingerprint density at radius 1 is 1.54 bits per heavy atom. The van der Waals surface area contributed by atoms with E-state index in [1.54, 1.807) is 7.11 Å². The predicted molar refractivity (Wildman–Crippen MR) is 46.2 cm³/mol. The van der Waals surface area contributed by atoms with Crippen molar-refractivity contribution in [2.24, 2.45) is 0 Å². The summed E-state index contributed by atoms with van der Waals surface area (Å²) in [4.78, 5) is 13.1. The smallest absolute Gasteiger partial charge is 0.415 e. The Labute approximate surface area is 77.8 Å². The standard InChI is InChI=1S/C9H15NO3/c1-8(2)10(7(11)13-8)9(4-5-9)6-12-3/h4-6H2,1-3H3. The molecule has 0 unspecified atom stereocenters. The maximum atomic E-state index is 11.3. The largest absolute Gasteiger partial charge is 0.423 e. The Hall–Kier alpha value is -0.770. The molecule has 1 aliphatic heterocycles. The van der Waals surface area contributed by atoms with Crippen molar-refractivity contribution >= 4 is 6.09 Å². The van der Waals surface area contributed by atoms with Gasteiger partial charge in [-0.25, -0.2) is 4.79 Å². The number of carbonyl (C=O) groups excluding carboxylic acids is 1. The fourth-order valence-corrected chi connectivity index (χ4v) is 2.10. The van der Waals surface area contributed by atoms with Gasteiger partial charge in [0.1, 0.15) is 0 Å². The van der Waals surface area contributed by atoms with Gasteiger partial charge < -0.3 is 9.47 Å². The molecule has 2 aliphatic rings. The first-order valence-electron chi connectivity index (χ1n) is 4.54. The lowest BCUT2D eigenvalue weighted by atomic mass is 10.1. The molecule has 13 heavy (non-hydrogen) atoms. The molecular weight excluding hydrogens is 170 g/mol. The third kappa shape index (κ3) is 1.12. The van der Waals surface area contributed by atoms with Crippen LogP contribution in [-0.4, -0.2) is 36.0 Å². The highest BCUT2D eigenvalue weighted by Crippen LogP contribution is 2.49. The average molecular weight is 185 g/mol. The summed E-state index contributed by atoms with van der Waals surface area (Å²) in [6, 6.07) is 0. The molecular formula is C9H15NO3.